The monoisotopic (exact) mass is 193 g/mol. The topological polar surface area (TPSA) is 26.0 Å². The summed E-state index contributed by atoms with van der Waals surface area (Å²) in [5.41, 5.74) is 0.107. The fourth-order valence-electron chi connectivity index (χ4n) is 1.03. The molecule has 0 spiro atoms. The molecular formula is C5H5F6N. The van der Waals surface area contributed by atoms with Crippen LogP contribution in [0.1, 0.15) is 6.42 Å². The highest BCUT2D eigenvalue weighted by Crippen LogP contribution is 2.57. The van der Waals surface area contributed by atoms with Gasteiger partial charge in [-0.3, -0.25) is 0 Å². The molecule has 0 saturated heterocycles. The highest BCUT2D eigenvalue weighted by atomic mass is 19.4. The normalized spacial score (nSPS) is 40.8. The van der Waals surface area contributed by atoms with E-state index in [1.807, 2.05) is 0 Å². The fraction of sp³-hybridized carbons (Fsp3) is 1.00. The predicted molar refractivity (Wildman–Crippen MR) is 27.4 cm³/mol. The summed E-state index contributed by atoms with van der Waals surface area (Å²) < 4.78 is 71.9. The number of halogens is 6. The zero-order valence-corrected chi connectivity index (χ0v) is 5.63. The summed E-state index contributed by atoms with van der Waals surface area (Å²) in [5.74, 6) is -4.49. The van der Waals surface area contributed by atoms with Gasteiger partial charge in [0.1, 0.15) is 0 Å². The first-order valence-corrected chi connectivity index (χ1v) is 3.02. The van der Waals surface area contributed by atoms with Gasteiger partial charge < -0.3 is 5.73 Å². The van der Waals surface area contributed by atoms with Gasteiger partial charge in [-0.05, 0) is 0 Å². The van der Waals surface area contributed by atoms with Gasteiger partial charge in [0, 0.05) is 6.42 Å². The summed E-state index contributed by atoms with van der Waals surface area (Å²) in [5, 5.41) is 0. The van der Waals surface area contributed by atoms with E-state index in [9.17, 15) is 26.3 Å². The SMILES string of the molecule is NC1CC(F)(C(F)(F)F)C1(F)F. The molecule has 0 amide bonds. The van der Waals surface area contributed by atoms with Gasteiger partial charge in [-0.15, -0.1) is 0 Å². The van der Waals surface area contributed by atoms with E-state index in [-0.39, 0.29) is 0 Å². The van der Waals surface area contributed by atoms with Crippen LogP contribution in [0.5, 0.6) is 0 Å². The van der Waals surface area contributed by atoms with Crippen LogP contribution >= 0.6 is 0 Å². The number of nitrogens with two attached hydrogens (primary N) is 1. The Hall–Kier alpha value is -0.460. The lowest BCUT2D eigenvalue weighted by molar-refractivity contribution is -0.351. The van der Waals surface area contributed by atoms with E-state index < -0.39 is 30.2 Å². The Morgan fingerprint density at radius 2 is 1.58 bits per heavy atom. The second-order valence-electron chi connectivity index (χ2n) is 2.73. The first-order chi connectivity index (χ1) is 5.13. The van der Waals surface area contributed by atoms with Crippen LogP contribution in [0, 0.1) is 0 Å². The van der Waals surface area contributed by atoms with Crippen molar-refractivity contribution < 1.29 is 26.3 Å². The molecule has 0 aromatic rings. The molecule has 7 heteroatoms. The first-order valence-electron chi connectivity index (χ1n) is 3.02. The third-order valence-corrected chi connectivity index (χ3v) is 1.94. The maximum Gasteiger partial charge on any atom is 0.428 e. The van der Waals surface area contributed by atoms with Crippen molar-refractivity contribution >= 4 is 0 Å². The van der Waals surface area contributed by atoms with E-state index in [1.54, 1.807) is 0 Å². The molecule has 1 aliphatic rings. The second kappa shape index (κ2) is 2.07. The number of hydrogen-bond donors (Lipinski definition) is 1. The molecule has 2 atom stereocenters. The lowest BCUT2D eigenvalue weighted by Gasteiger charge is -2.47. The van der Waals surface area contributed by atoms with Gasteiger partial charge in [0.05, 0.1) is 6.04 Å². The standard InChI is InChI=1S/C5H5F6N/c6-3(5(9,10)11)1-2(12)4(3,7)8/h2H,1,12H2. The van der Waals surface area contributed by atoms with Gasteiger partial charge >= 0.3 is 12.1 Å². The highest BCUT2D eigenvalue weighted by Gasteiger charge is 2.80. The molecule has 2 N–H and O–H groups in total. The van der Waals surface area contributed by atoms with Crippen molar-refractivity contribution in [2.75, 3.05) is 0 Å². The average molecular weight is 193 g/mol. The quantitative estimate of drug-likeness (QED) is 0.581. The first kappa shape index (κ1) is 9.63. The molecule has 12 heavy (non-hydrogen) atoms. The highest BCUT2D eigenvalue weighted by molar-refractivity contribution is 5.16. The lowest BCUT2D eigenvalue weighted by Crippen LogP contribution is -2.74. The predicted octanol–water partition coefficient (Wildman–Crippen LogP) is 1.62. The maximum atomic E-state index is 12.5. The van der Waals surface area contributed by atoms with Gasteiger partial charge in [-0.1, -0.05) is 0 Å². The van der Waals surface area contributed by atoms with Crippen LogP contribution in [0.4, 0.5) is 26.3 Å². The van der Waals surface area contributed by atoms with Crippen LogP contribution in [0.25, 0.3) is 0 Å². The molecule has 1 aliphatic carbocycles. The molecule has 1 fully saturated rings. The van der Waals surface area contributed by atoms with E-state index >= 15 is 0 Å². The summed E-state index contributed by atoms with van der Waals surface area (Å²) in [6.07, 6.45) is -6.92. The van der Waals surface area contributed by atoms with E-state index in [1.165, 1.54) is 0 Å². The molecule has 0 heterocycles. The molecule has 1 saturated carbocycles. The Labute approximate surface area is 63.5 Å². The van der Waals surface area contributed by atoms with Gasteiger partial charge in [-0.25, -0.2) is 13.2 Å². The number of alkyl halides is 6. The van der Waals surface area contributed by atoms with Crippen LogP contribution in [-0.4, -0.2) is 23.8 Å². The number of hydrogen-bond acceptors (Lipinski definition) is 1. The van der Waals surface area contributed by atoms with Crippen LogP contribution < -0.4 is 5.73 Å². The molecule has 0 aliphatic heterocycles. The van der Waals surface area contributed by atoms with E-state index in [2.05, 4.69) is 5.73 Å². The van der Waals surface area contributed by atoms with E-state index in [0.29, 0.717) is 0 Å². The zero-order chi connectivity index (χ0) is 9.78. The van der Waals surface area contributed by atoms with Crippen LogP contribution in [0.2, 0.25) is 0 Å². The lowest BCUT2D eigenvalue weighted by atomic mass is 9.73. The summed E-state index contributed by atoms with van der Waals surface area (Å²) in [6, 6.07) is -2.04. The molecule has 1 rings (SSSR count). The minimum Gasteiger partial charge on any atom is -0.322 e. The van der Waals surface area contributed by atoms with Crippen molar-refractivity contribution in [3.63, 3.8) is 0 Å². The van der Waals surface area contributed by atoms with Gasteiger partial charge in [0.15, 0.2) is 0 Å². The van der Waals surface area contributed by atoms with Crippen molar-refractivity contribution in [1.82, 2.24) is 0 Å². The Morgan fingerprint density at radius 3 is 1.67 bits per heavy atom. The van der Waals surface area contributed by atoms with E-state index in [0.717, 1.165) is 0 Å². The largest absolute Gasteiger partial charge is 0.428 e. The summed E-state index contributed by atoms with van der Waals surface area (Å²) in [4.78, 5) is 0. The summed E-state index contributed by atoms with van der Waals surface area (Å²) in [7, 11) is 0. The Balaban J connectivity index is 2.91. The Morgan fingerprint density at radius 1 is 1.17 bits per heavy atom. The van der Waals surface area contributed by atoms with Gasteiger partial charge in [0.25, 0.3) is 5.67 Å². The Kier molecular flexibility index (Phi) is 1.66. The third kappa shape index (κ3) is 0.854. The average Bonchev–Trinajstić information content (AvgIpc) is 1.85. The number of rotatable bonds is 0. The molecule has 72 valence electrons. The molecule has 0 aromatic carbocycles. The van der Waals surface area contributed by atoms with E-state index in [4.69, 9.17) is 0 Å². The molecule has 0 aromatic heterocycles. The van der Waals surface area contributed by atoms with Crippen LogP contribution in [0.3, 0.4) is 0 Å². The maximum absolute atomic E-state index is 12.5. The molecule has 1 nitrogen and oxygen atoms in total. The van der Waals surface area contributed by atoms with Crippen molar-refractivity contribution in [2.45, 2.75) is 30.2 Å². The van der Waals surface area contributed by atoms with Gasteiger partial charge in [0.2, 0.25) is 0 Å². The summed E-state index contributed by atoms with van der Waals surface area (Å²) >= 11 is 0. The second-order valence-corrected chi connectivity index (χ2v) is 2.73. The molecule has 0 radical (unpaired) electrons. The van der Waals surface area contributed by atoms with Crippen molar-refractivity contribution in [3.8, 4) is 0 Å². The van der Waals surface area contributed by atoms with Crippen molar-refractivity contribution in [3.05, 3.63) is 0 Å². The smallest absolute Gasteiger partial charge is 0.322 e. The van der Waals surface area contributed by atoms with Gasteiger partial charge in [-0.2, -0.15) is 13.2 Å². The van der Waals surface area contributed by atoms with Crippen LogP contribution in [-0.2, 0) is 0 Å². The minimum absolute atomic E-state index is 1.37. The molecule has 2 unspecified atom stereocenters. The third-order valence-electron chi connectivity index (χ3n) is 1.94. The van der Waals surface area contributed by atoms with Crippen molar-refractivity contribution in [2.24, 2.45) is 5.73 Å². The zero-order valence-electron chi connectivity index (χ0n) is 5.63. The minimum atomic E-state index is -5.55. The van der Waals surface area contributed by atoms with Crippen LogP contribution in [0.15, 0.2) is 0 Å². The fourth-order valence-corrected chi connectivity index (χ4v) is 1.03. The summed E-state index contributed by atoms with van der Waals surface area (Å²) in [6.45, 7) is 0. The molecule has 0 bridgehead atoms. The molecular weight excluding hydrogens is 188 g/mol. The van der Waals surface area contributed by atoms with Crippen molar-refractivity contribution in [1.29, 1.82) is 0 Å². The Bertz CT molecular complexity index is 199.